The van der Waals surface area contributed by atoms with E-state index in [4.69, 9.17) is 5.73 Å². The molecule has 0 amide bonds. The average Bonchev–Trinajstić information content (AvgIpc) is 2.47. The number of nitrogens with one attached hydrogen (secondary N) is 1. The maximum Gasteiger partial charge on any atom is 0.160 e. The Labute approximate surface area is 90.9 Å². The zero-order chi connectivity index (χ0) is 11.9. The van der Waals surface area contributed by atoms with Crippen LogP contribution >= 0.6 is 0 Å². The number of aromatic amines is 1. The maximum absolute atomic E-state index is 13.1. The molecule has 2 aromatic rings. The van der Waals surface area contributed by atoms with Gasteiger partial charge in [-0.15, -0.1) is 0 Å². The molecule has 86 valence electrons. The summed E-state index contributed by atoms with van der Waals surface area (Å²) >= 11 is 0. The van der Waals surface area contributed by atoms with Gasteiger partial charge in [-0.2, -0.15) is 0 Å². The third-order valence-electron chi connectivity index (χ3n) is 2.36. The summed E-state index contributed by atoms with van der Waals surface area (Å²) in [6.45, 7) is 1.45. The van der Waals surface area contributed by atoms with E-state index in [1.807, 2.05) is 0 Å². The molecule has 0 saturated carbocycles. The molecule has 1 atom stereocenters. The predicted molar refractivity (Wildman–Crippen MR) is 56.7 cm³/mol. The lowest BCUT2D eigenvalue weighted by molar-refractivity contribution is 0.0680. The topological polar surface area (TPSA) is 62.0 Å². The van der Waals surface area contributed by atoms with Crippen molar-refractivity contribution in [3.8, 4) is 0 Å². The van der Waals surface area contributed by atoms with Crippen molar-refractivity contribution in [3.63, 3.8) is 0 Å². The number of hydrogen-bond acceptors (Lipinski definition) is 2. The van der Waals surface area contributed by atoms with Crippen LogP contribution in [0.25, 0.3) is 10.9 Å². The molecule has 2 rings (SSSR count). The number of nitrogens with two attached hydrogens (primary N) is 1. The summed E-state index contributed by atoms with van der Waals surface area (Å²) in [6.07, 6.45) is 1.75. The number of hydrogen-bond donors (Lipinski definition) is 3. The molecule has 1 aromatic heterocycles. The molecule has 0 saturated heterocycles. The number of benzene rings is 1. The molecule has 0 aliphatic rings. The van der Waals surface area contributed by atoms with Gasteiger partial charge in [0.1, 0.15) is 5.72 Å². The summed E-state index contributed by atoms with van der Waals surface area (Å²) in [5.41, 5.74) is 5.22. The zero-order valence-electron chi connectivity index (χ0n) is 8.72. The summed E-state index contributed by atoms with van der Waals surface area (Å²) in [7, 11) is 0. The van der Waals surface area contributed by atoms with Crippen LogP contribution in [0.2, 0.25) is 0 Å². The van der Waals surface area contributed by atoms with Crippen LogP contribution in [-0.4, -0.2) is 15.8 Å². The Bertz CT molecular complexity index is 528. The van der Waals surface area contributed by atoms with Crippen molar-refractivity contribution >= 4 is 10.9 Å². The van der Waals surface area contributed by atoms with E-state index in [1.54, 1.807) is 6.20 Å². The molecule has 1 aromatic carbocycles. The van der Waals surface area contributed by atoms with E-state index >= 15 is 0 Å². The van der Waals surface area contributed by atoms with Crippen LogP contribution in [0.1, 0.15) is 12.5 Å². The highest BCUT2D eigenvalue weighted by Gasteiger charge is 2.17. The van der Waals surface area contributed by atoms with Crippen LogP contribution in [0.3, 0.4) is 0 Å². The lowest BCUT2D eigenvalue weighted by atomic mass is 10.0. The van der Waals surface area contributed by atoms with Crippen LogP contribution < -0.4 is 5.73 Å². The zero-order valence-corrected chi connectivity index (χ0v) is 8.72. The minimum absolute atomic E-state index is 0.165. The van der Waals surface area contributed by atoms with E-state index in [2.05, 4.69) is 4.98 Å². The van der Waals surface area contributed by atoms with Gasteiger partial charge in [0, 0.05) is 29.6 Å². The molecule has 0 spiro atoms. The van der Waals surface area contributed by atoms with Crippen molar-refractivity contribution < 1.29 is 13.9 Å². The molecule has 3 nitrogen and oxygen atoms in total. The number of halogens is 2. The Morgan fingerprint density at radius 2 is 2.00 bits per heavy atom. The number of rotatable bonds is 2. The summed E-state index contributed by atoms with van der Waals surface area (Å²) in [6, 6.07) is 2.18. The molecule has 5 heteroatoms. The summed E-state index contributed by atoms with van der Waals surface area (Å²) in [5, 5.41) is 10.0. The monoisotopic (exact) mass is 226 g/mol. The van der Waals surface area contributed by atoms with E-state index in [0.29, 0.717) is 16.5 Å². The first-order valence-electron chi connectivity index (χ1n) is 4.83. The van der Waals surface area contributed by atoms with Gasteiger partial charge in [0.2, 0.25) is 0 Å². The van der Waals surface area contributed by atoms with Crippen molar-refractivity contribution in [3.05, 3.63) is 35.5 Å². The quantitative estimate of drug-likeness (QED) is 0.682. The van der Waals surface area contributed by atoms with Gasteiger partial charge >= 0.3 is 0 Å². The first kappa shape index (κ1) is 11.0. The van der Waals surface area contributed by atoms with Crippen molar-refractivity contribution in [2.24, 2.45) is 5.73 Å². The van der Waals surface area contributed by atoms with Crippen LogP contribution in [-0.2, 0) is 6.42 Å². The minimum atomic E-state index is -1.38. The Balaban J connectivity index is 2.52. The van der Waals surface area contributed by atoms with Crippen molar-refractivity contribution in [2.75, 3.05) is 0 Å². The Hall–Kier alpha value is -1.46. The molecule has 4 N–H and O–H groups in total. The van der Waals surface area contributed by atoms with Crippen LogP contribution in [0.15, 0.2) is 18.3 Å². The predicted octanol–water partition coefficient (Wildman–Crippen LogP) is 1.66. The van der Waals surface area contributed by atoms with Gasteiger partial charge in [-0.05, 0) is 18.6 Å². The molecule has 0 radical (unpaired) electrons. The fourth-order valence-electron chi connectivity index (χ4n) is 1.71. The Morgan fingerprint density at radius 3 is 2.62 bits per heavy atom. The molecule has 16 heavy (non-hydrogen) atoms. The van der Waals surface area contributed by atoms with E-state index in [9.17, 15) is 13.9 Å². The fourth-order valence-corrected chi connectivity index (χ4v) is 1.71. The third-order valence-corrected chi connectivity index (χ3v) is 2.36. The molecular formula is C11H12F2N2O. The second-order valence-electron chi connectivity index (χ2n) is 4.16. The van der Waals surface area contributed by atoms with E-state index < -0.39 is 17.4 Å². The van der Waals surface area contributed by atoms with Crippen LogP contribution in [0, 0.1) is 11.6 Å². The normalized spacial score (nSPS) is 15.3. The summed E-state index contributed by atoms with van der Waals surface area (Å²) in [4.78, 5) is 2.81. The molecule has 0 aliphatic heterocycles. The summed E-state index contributed by atoms with van der Waals surface area (Å²) in [5.74, 6) is -1.81. The Morgan fingerprint density at radius 1 is 1.38 bits per heavy atom. The van der Waals surface area contributed by atoms with Gasteiger partial charge in [0.05, 0.1) is 0 Å². The van der Waals surface area contributed by atoms with E-state index in [0.717, 1.165) is 12.1 Å². The van der Waals surface area contributed by atoms with Gasteiger partial charge in [0.15, 0.2) is 11.6 Å². The van der Waals surface area contributed by atoms with Crippen LogP contribution in [0.4, 0.5) is 8.78 Å². The van der Waals surface area contributed by atoms with Gasteiger partial charge < -0.3 is 15.8 Å². The molecule has 1 heterocycles. The Kier molecular flexibility index (Phi) is 2.44. The number of aromatic nitrogens is 1. The lowest BCUT2D eigenvalue weighted by Gasteiger charge is -2.16. The largest absolute Gasteiger partial charge is 0.376 e. The summed E-state index contributed by atoms with van der Waals surface area (Å²) < 4.78 is 26.0. The average molecular weight is 226 g/mol. The molecule has 0 bridgehead atoms. The molecule has 0 aliphatic carbocycles. The lowest BCUT2D eigenvalue weighted by Crippen LogP contribution is -2.37. The van der Waals surface area contributed by atoms with Crippen molar-refractivity contribution in [2.45, 2.75) is 19.1 Å². The number of H-pyrrole nitrogens is 1. The fraction of sp³-hybridized carbons (Fsp3) is 0.273. The van der Waals surface area contributed by atoms with Crippen molar-refractivity contribution in [1.82, 2.24) is 4.98 Å². The molecule has 1 unspecified atom stereocenters. The van der Waals surface area contributed by atoms with Gasteiger partial charge in [-0.25, -0.2) is 8.78 Å². The second kappa shape index (κ2) is 3.54. The SMILES string of the molecule is CC(N)(O)Cc1c[nH]c2cc(F)c(F)cc12. The molecule has 0 fully saturated rings. The third kappa shape index (κ3) is 2.05. The van der Waals surface area contributed by atoms with Gasteiger partial charge in [0.25, 0.3) is 0 Å². The van der Waals surface area contributed by atoms with Crippen molar-refractivity contribution in [1.29, 1.82) is 0 Å². The first-order chi connectivity index (χ1) is 7.37. The standard InChI is InChI=1S/C11H12F2N2O/c1-11(14,16)4-6-5-15-10-3-9(13)8(12)2-7(6)10/h2-3,5,15-16H,4,14H2,1H3. The van der Waals surface area contributed by atoms with E-state index in [-0.39, 0.29) is 6.42 Å². The number of aliphatic hydroxyl groups is 1. The molecular weight excluding hydrogens is 214 g/mol. The second-order valence-corrected chi connectivity index (χ2v) is 4.16. The van der Waals surface area contributed by atoms with Crippen LogP contribution in [0.5, 0.6) is 0 Å². The smallest absolute Gasteiger partial charge is 0.160 e. The van der Waals surface area contributed by atoms with Gasteiger partial charge in [-0.1, -0.05) is 0 Å². The number of fused-ring (bicyclic) bond motifs is 1. The highest BCUT2D eigenvalue weighted by Crippen LogP contribution is 2.23. The van der Waals surface area contributed by atoms with E-state index in [1.165, 1.54) is 6.92 Å². The maximum atomic E-state index is 13.1. The highest BCUT2D eigenvalue weighted by molar-refractivity contribution is 5.83. The minimum Gasteiger partial charge on any atom is -0.376 e. The highest BCUT2D eigenvalue weighted by atomic mass is 19.2. The van der Waals surface area contributed by atoms with Gasteiger partial charge in [-0.3, -0.25) is 0 Å². The first-order valence-corrected chi connectivity index (χ1v) is 4.83.